The van der Waals surface area contributed by atoms with Crippen molar-refractivity contribution < 1.29 is 23.5 Å². The largest absolute Gasteiger partial charge is 0.486 e. The molecule has 1 amide bonds. The van der Waals surface area contributed by atoms with Crippen molar-refractivity contribution in [2.45, 2.75) is 12.8 Å². The van der Waals surface area contributed by atoms with E-state index in [4.69, 9.17) is 9.47 Å². The summed E-state index contributed by atoms with van der Waals surface area (Å²) >= 11 is 0. The van der Waals surface area contributed by atoms with Gasteiger partial charge in [0.25, 0.3) is 0 Å². The van der Waals surface area contributed by atoms with E-state index in [0.29, 0.717) is 36.0 Å². The number of nitrogens with zero attached hydrogens (tertiary/aromatic N) is 3. The molecular weight excluding hydrogens is 379 g/mol. The van der Waals surface area contributed by atoms with Crippen LogP contribution >= 0.6 is 0 Å². The molecule has 3 aromatic rings. The number of ketones is 1. The maximum Gasteiger partial charge on any atom is 0.224 e. The molecule has 0 saturated heterocycles. The van der Waals surface area contributed by atoms with Gasteiger partial charge in [-0.25, -0.2) is 14.1 Å². The molecule has 0 fully saturated rings. The van der Waals surface area contributed by atoms with Gasteiger partial charge < -0.3 is 14.8 Å². The fourth-order valence-corrected chi connectivity index (χ4v) is 2.91. The van der Waals surface area contributed by atoms with Crippen LogP contribution in [0.3, 0.4) is 0 Å². The summed E-state index contributed by atoms with van der Waals surface area (Å²) in [5, 5.41) is 6.46. The van der Waals surface area contributed by atoms with Crippen LogP contribution in [0.15, 0.2) is 49.1 Å². The first-order valence-electron chi connectivity index (χ1n) is 8.97. The lowest BCUT2D eigenvalue weighted by Crippen LogP contribution is -2.16. The van der Waals surface area contributed by atoms with Crippen molar-refractivity contribution in [2.75, 3.05) is 18.5 Å². The van der Waals surface area contributed by atoms with Gasteiger partial charge in [0.1, 0.15) is 31.6 Å². The maximum absolute atomic E-state index is 14.2. The molecule has 0 spiro atoms. The number of carbonyl (C=O) groups is 2. The van der Waals surface area contributed by atoms with Gasteiger partial charge in [-0.15, -0.1) is 0 Å². The van der Waals surface area contributed by atoms with Gasteiger partial charge >= 0.3 is 0 Å². The molecule has 0 radical (unpaired) electrons. The van der Waals surface area contributed by atoms with Gasteiger partial charge in [-0.2, -0.15) is 5.10 Å². The summed E-state index contributed by atoms with van der Waals surface area (Å²) in [6.45, 7) is 0.903. The molecule has 1 aromatic heterocycles. The van der Waals surface area contributed by atoms with E-state index in [0.717, 1.165) is 0 Å². The van der Waals surface area contributed by atoms with E-state index in [1.54, 1.807) is 24.3 Å². The second kappa shape index (κ2) is 8.09. The summed E-state index contributed by atoms with van der Waals surface area (Å²) in [5.41, 5.74) is 0.961. The zero-order valence-electron chi connectivity index (χ0n) is 15.3. The highest BCUT2D eigenvalue weighted by molar-refractivity contribution is 6.00. The van der Waals surface area contributed by atoms with E-state index < -0.39 is 5.82 Å². The molecule has 4 rings (SSSR count). The first kappa shape index (κ1) is 18.6. The Kier molecular flexibility index (Phi) is 5.19. The monoisotopic (exact) mass is 396 g/mol. The highest BCUT2D eigenvalue weighted by Crippen LogP contribution is 2.31. The summed E-state index contributed by atoms with van der Waals surface area (Å²) in [5.74, 6) is -0.00861. The third-order valence-corrected chi connectivity index (χ3v) is 4.34. The van der Waals surface area contributed by atoms with E-state index in [2.05, 4.69) is 15.4 Å². The van der Waals surface area contributed by atoms with Gasteiger partial charge in [-0.05, 0) is 36.4 Å². The van der Waals surface area contributed by atoms with Crippen LogP contribution in [0.25, 0.3) is 5.69 Å². The lowest BCUT2D eigenvalue weighted by atomic mass is 10.1. The molecular formula is C20H17FN4O4. The Morgan fingerprint density at radius 3 is 2.66 bits per heavy atom. The van der Waals surface area contributed by atoms with Gasteiger partial charge in [0, 0.05) is 24.1 Å². The number of hydrogen-bond acceptors (Lipinski definition) is 6. The summed E-state index contributed by atoms with van der Waals surface area (Å²) in [6.07, 6.45) is 2.67. The number of rotatable bonds is 6. The van der Waals surface area contributed by atoms with Gasteiger partial charge in [0.15, 0.2) is 23.1 Å². The van der Waals surface area contributed by atoms with E-state index in [1.165, 1.54) is 29.5 Å². The lowest BCUT2D eigenvalue weighted by Gasteiger charge is -2.18. The van der Waals surface area contributed by atoms with Crippen LogP contribution in [0.2, 0.25) is 0 Å². The highest BCUT2D eigenvalue weighted by Gasteiger charge is 2.16. The van der Waals surface area contributed by atoms with Crippen molar-refractivity contribution in [3.63, 3.8) is 0 Å². The number of fused-ring (bicyclic) bond motifs is 1. The van der Waals surface area contributed by atoms with E-state index in [9.17, 15) is 14.0 Å². The minimum atomic E-state index is -0.555. The number of Topliss-reactive ketones (excluding diaryl/α,β-unsaturated/α-hetero) is 1. The SMILES string of the molecule is O=C(CCC(=O)c1ccc2c(c1)OCCO2)Nc1ccc(-n2cncn2)c(F)c1. The summed E-state index contributed by atoms with van der Waals surface area (Å²) in [4.78, 5) is 28.3. The van der Waals surface area contributed by atoms with Crippen LogP contribution in [0.1, 0.15) is 23.2 Å². The standard InChI is InChI=1S/C20H17FN4O4/c21-15-10-14(2-3-16(15)25-12-22-11-23-25)24-20(27)6-4-17(26)13-1-5-18-19(9-13)29-8-7-28-18/h1-3,5,9-12H,4,6-8H2,(H,24,27). The zero-order valence-corrected chi connectivity index (χ0v) is 15.3. The lowest BCUT2D eigenvalue weighted by molar-refractivity contribution is -0.116. The molecule has 9 heteroatoms. The van der Waals surface area contributed by atoms with Crippen molar-refractivity contribution in [3.8, 4) is 17.2 Å². The van der Waals surface area contributed by atoms with Crippen LogP contribution in [0, 0.1) is 5.82 Å². The number of ether oxygens (including phenoxy) is 2. The molecule has 29 heavy (non-hydrogen) atoms. The summed E-state index contributed by atoms with van der Waals surface area (Å²) < 4.78 is 26.4. The minimum Gasteiger partial charge on any atom is -0.486 e. The smallest absolute Gasteiger partial charge is 0.224 e. The average Bonchev–Trinajstić information content (AvgIpc) is 3.26. The quantitative estimate of drug-likeness (QED) is 0.644. The zero-order chi connectivity index (χ0) is 20.2. The fraction of sp³-hybridized carbons (Fsp3) is 0.200. The molecule has 2 aromatic carbocycles. The second-order valence-corrected chi connectivity index (χ2v) is 6.34. The third kappa shape index (κ3) is 4.23. The molecule has 1 N–H and O–H groups in total. The van der Waals surface area contributed by atoms with E-state index in [1.807, 2.05) is 0 Å². The van der Waals surface area contributed by atoms with Gasteiger partial charge in [-0.1, -0.05) is 0 Å². The number of benzene rings is 2. The van der Waals surface area contributed by atoms with Crippen LogP contribution in [-0.4, -0.2) is 39.7 Å². The van der Waals surface area contributed by atoms with Crippen molar-refractivity contribution in [3.05, 3.63) is 60.4 Å². The Morgan fingerprint density at radius 1 is 1.07 bits per heavy atom. The van der Waals surface area contributed by atoms with Crippen LogP contribution in [-0.2, 0) is 4.79 Å². The predicted molar refractivity (Wildman–Crippen MR) is 101 cm³/mol. The second-order valence-electron chi connectivity index (χ2n) is 6.34. The minimum absolute atomic E-state index is 0.0188. The van der Waals surface area contributed by atoms with E-state index >= 15 is 0 Å². The molecule has 0 unspecified atom stereocenters. The van der Waals surface area contributed by atoms with Crippen LogP contribution in [0.5, 0.6) is 11.5 Å². The van der Waals surface area contributed by atoms with E-state index in [-0.39, 0.29) is 30.2 Å². The Bertz CT molecular complexity index is 1050. The summed E-state index contributed by atoms with van der Waals surface area (Å²) in [6, 6.07) is 9.18. The summed E-state index contributed by atoms with van der Waals surface area (Å²) in [7, 11) is 0. The molecule has 8 nitrogen and oxygen atoms in total. The maximum atomic E-state index is 14.2. The Morgan fingerprint density at radius 2 is 1.90 bits per heavy atom. The molecule has 0 aliphatic carbocycles. The Hall–Kier alpha value is -3.75. The molecule has 0 saturated carbocycles. The first-order valence-corrected chi connectivity index (χ1v) is 8.97. The first-order chi connectivity index (χ1) is 14.1. The number of halogens is 1. The number of anilines is 1. The van der Waals surface area contributed by atoms with Crippen LogP contribution in [0.4, 0.5) is 10.1 Å². The number of amides is 1. The molecule has 1 aliphatic heterocycles. The van der Waals surface area contributed by atoms with Gasteiger partial charge in [-0.3, -0.25) is 9.59 Å². The number of aromatic nitrogens is 3. The van der Waals surface area contributed by atoms with Crippen molar-refractivity contribution >= 4 is 17.4 Å². The average molecular weight is 396 g/mol. The van der Waals surface area contributed by atoms with Gasteiger partial charge in [0.2, 0.25) is 5.91 Å². The number of nitrogens with one attached hydrogen (secondary N) is 1. The van der Waals surface area contributed by atoms with Crippen molar-refractivity contribution in [1.29, 1.82) is 0 Å². The highest BCUT2D eigenvalue weighted by atomic mass is 19.1. The number of hydrogen-bond donors (Lipinski definition) is 1. The van der Waals surface area contributed by atoms with Crippen LogP contribution < -0.4 is 14.8 Å². The third-order valence-electron chi connectivity index (χ3n) is 4.34. The fourth-order valence-electron chi connectivity index (χ4n) is 2.91. The number of carbonyl (C=O) groups excluding carboxylic acids is 2. The van der Waals surface area contributed by atoms with Gasteiger partial charge in [0.05, 0.1) is 0 Å². The molecule has 0 bridgehead atoms. The molecule has 0 atom stereocenters. The Balaban J connectivity index is 1.34. The normalized spacial score (nSPS) is 12.4. The molecule has 1 aliphatic rings. The van der Waals surface area contributed by atoms with Crippen molar-refractivity contribution in [1.82, 2.24) is 14.8 Å². The predicted octanol–water partition coefficient (Wildman–Crippen LogP) is 2.78. The molecule has 148 valence electrons. The topological polar surface area (TPSA) is 95.3 Å². The molecule has 2 heterocycles. The Labute approximate surface area is 165 Å². The van der Waals surface area contributed by atoms with Crippen molar-refractivity contribution in [2.24, 2.45) is 0 Å².